The molecule has 0 spiro atoms. The molecule has 2 rings (SSSR count). The van der Waals surface area contributed by atoms with Crippen molar-refractivity contribution in [3.05, 3.63) is 35.4 Å². The van der Waals surface area contributed by atoms with E-state index >= 15 is 0 Å². The standard InChI is InChI=1S/C16H20F2N2O3/c1-9(2)20-8-10(6-14(20)22)16(23)19-7-13(21)15-11(17)4-3-5-12(15)18/h3-5,9-10,13,21H,6-8H2,1-2H3,(H,19,23). The van der Waals surface area contributed by atoms with Gasteiger partial charge in [-0.05, 0) is 26.0 Å². The lowest BCUT2D eigenvalue weighted by atomic mass is 10.1. The van der Waals surface area contributed by atoms with Gasteiger partial charge in [0.25, 0.3) is 0 Å². The number of aliphatic hydroxyl groups excluding tert-OH is 1. The van der Waals surface area contributed by atoms with E-state index in [4.69, 9.17) is 0 Å². The Morgan fingerprint density at radius 2 is 2.00 bits per heavy atom. The second-order valence-electron chi connectivity index (χ2n) is 5.94. The first kappa shape index (κ1) is 17.3. The van der Waals surface area contributed by atoms with Crippen molar-refractivity contribution in [1.82, 2.24) is 10.2 Å². The van der Waals surface area contributed by atoms with Gasteiger partial charge in [-0.15, -0.1) is 0 Å². The molecule has 0 aromatic heterocycles. The molecule has 2 N–H and O–H groups in total. The number of rotatable bonds is 5. The monoisotopic (exact) mass is 326 g/mol. The maximum absolute atomic E-state index is 13.6. The average molecular weight is 326 g/mol. The highest BCUT2D eigenvalue weighted by Gasteiger charge is 2.35. The van der Waals surface area contributed by atoms with Crippen LogP contribution in [0.5, 0.6) is 0 Å². The van der Waals surface area contributed by atoms with Crippen LogP contribution in [-0.4, -0.2) is 41.0 Å². The summed E-state index contributed by atoms with van der Waals surface area (Å²) in [6, 6.07) is 3.29. The van der Waals surface area contributed by atoms with E-state index in [1.54, 1.807) is 4.90 Å². The second kappa shape index (κ2) is 7.04. The third kappa shape index (κ3) is 3.85. The fourth-order valence-electron chi connectivity index (χ4n) is 2.68. The Kier molecular flexibility index (Phi) is 5.30. The van der Waals surface area contributed by atoms with E-state index < -0.39 is 35.1 Å². The van der Waals surface area contributed by atoms with Crippen LogP contribution in [0.3, 0.4) is 0 Å². The zero-order chi connectivity index (χ0) is 17.1. The van der Waals surface area contributed by atoms with Gasteiger partial charge in [0.05, 0.1) is 11.5 Å². The Hall–Kier alpha value is -2.02. The van der Waals surface area contributed by atoms with Gasteiger partial charge in [-0.3, -0.25) is 9.59 Å². The number of amides is 2. The summed E-state index contributed by atoms with van der Waals surface area (Å²) in [6.07, 6.45) is -1.38. The van der Waals surface area contributed by atoms with Crippen molar-refractivity contribution in [1.29, 1.82) is 0 Å². The summed E-state index contributed by atoms with van der Waals surface area (Å²) in [7, 11) is 0. The first-order chi connectivity index (χ1) is 10.8. The summed E-state index contributed by atoms with van der Waals surface area (Å²) >= 11 is 0. The van der Waals surface area contributed by atoms with Gasteiger partial charge < -0.3 is 15.3 Å². The van der Waals surface area contributed by atoms with Crippen LogP contribution in [0.1, 0.15) is 31.9 Å². The zero-order valence-corrected chi connectivity index (χ0v) is 13.1. The minimum absolute atomic E-state index is 0.0124. The summed E-state index contributed by atoms with van der Waals surface area (Å²) in [5, 5.41) is 12.4. The highest BCUT2D eigenvalue weighted by Crippen LogP contribution is 2.22. The first-order valence-electron chi connectivity index (χ1n) is 7.50. The van der Waals surface area contributed by atoms with Gasteiger partial charge in [0.1, 0.15) is 17.7 Å². The molecule has 2 atom stereocenters. The molecule has 0 bridgehead atoms. The maximum atomic E-state index is 13.6. The number of hydrogen-bond donors (Lipinski definition) is 2. The molecule has 0 radical (unpaired) electrons. The summed E-state index contributed by atoms with van der Waals surface area (Å²) in [5.74, 6) is -2.75. The summed E-state index contributed by atoms with van der Waals surface area (Å²) in [6.45, 7) is 3.72. The number of carbonyl (C=O) groups is 2. The molecule has 1 aliphatic rings. The van der Waals surface area contributed by atoms with Crippen LogP contribution in [0, 0.1) is 17.6 Å². The summed E-state index contributed by atoms with van der Waals surface area (Å²) in [4.78, 5) is 25.5. The van der Waals surface area contributed by atoms with Crippen LogP contribution in [-0.2, 0) is 9.59 Å². The van der Waals surface area contributed by atoms with E-state index in [0.29, 0.717) is 6.54 Å². The second-order valence-corrected chi connectivity index (χ2v) is 5.94. The lowest BCUT2D eigenvalue weighted by Crippen LogP contribution is -2.37. The number of nitrogens with zero attached hydrogens (tertiary/aromatic N) is 1. The molecule has 2 amide bonds. The normalized spacial score (nSPS) is 19.3. The fourth-order valence-corrected chi connectivity index (χ4v) is 2.68. The van der Waals surface area contributed by atoms with Crippen molar-refractivity contribution in [2.75, 3.05) is 13.1 Å². The molecular weight excluding hydrogens is 306 g/mol. The summed E-state index contributed by atoms with van der Waals surface area (Å²) < 4.78 is 27.1. The van der Waals surface area contributed by atoms with E-state index in [9.17, 15) is 23.5 Å². The van der Waals surface area contributed by atoms with E-state index in [-0.39, 0.29) is 24.9 Å². The molecule has 0 saturated carbocycles. The third-order valence-corrected chi connectivity index (χ3v) is 3.96. The van der Waals surface area contributed by atoms with Crippen LogP contribution in [0.25, 0.3) is 0 Å². The number of carbonyl (C=O) groups excluding carboxylic acids is 2. The first-order valence-corrected chi connectivity index (χ1v) is 7.50. The number of nitrogens with one attached hydrogen (secondary N) is 1. The fraction of sp³-hybridized carbons (Fsp3) is 0.500. The van der Waals surface area contributed by atoms with Crippen molar-refractivity contribution in [2.45, 2.75) is 32.4 Å². The number of aliphatic hydroxyl groups is 1. The zero-order valence-electron chi connectivity index (χ0n) is 13.1. The Morgan fingerprint density at radius 3 is 2.52 bits per heavy atom. The molecule has 1 saturated heterocycles. The van der Waals surface area contributed by atoms with E-state index in [1.165, 1.54) is 6.07 Å². The molecule has 2 unspecified atom stereocenters. The van der Waals surface area contributed by atoms with Crippen molar-refractivity contribution < 1.29 is 23.5 Å². The molecular formula is C16H20F2N2O3. The molecule has 0 aliphatic carbocycles. The Morgan fingerprint density at radius 1 is 1.39 bits per heavy atom. The predicted molar refractivity (Wildman–Crippen MR) is 79.3 cm³/mol. The number of likely N-dealkylation sites (tertiary alicyclic amines) is 1. The Bertz CT molecular complexity index is 587. The molecule has 1 fully saturated rings. The van der Waals surface area contributed by atoms with Gasteiger partial charge in [0.15, 0.2) is 0 Å². The van der Waals surface area contributed by atoms with Crippen LogP contribution in [0.2, 0.25) is 0 Å². The smallest absolute Gasteiger partial charge is 0.225 e. The van der Waals surface area contributed by atoms with Crippen molar-refractivity contribution >= 4 is 11.8 Å². The molecule has 7 heteroatoms. The molecule has 1 aromatic carbocycles. The van der Waals surface area contributed by atoms with Gasteiger partial charge in [-0.25, -0.2) is 8.78 Å². The van der Waals surface area contributed by atoms with Crippen LogP contribution < -0.4 is 5.32 Å². The van der Waals surface area contributed by atoms with E-state index in [0.717, 1.165) is 12.1 Å². The Balaban J connectivity index is 1.93. The van der Waals surface area contributed by atoms with Crippen molar-refractivity contribution in [3.63, 3.8) is 0 Å². The van der Waals surface area contributed by atoms with Gasteiger partial charge in [0, 0.05) is 25.6 Å². The maximum Gasteiger partial charge on any atom is 0.225 e. The Labute approximate surface area is 133 Å². The van der Waals surface area contributed by atoms with Crippen LogP contribution in [0.4, 0.5) is 8.78 Å². The molecule has 1 aromatic rings. The number of halogens is 2. The minimum Gasteiger partial charge on any atom is -0.386 e. The topological polar surface area (TPSA) is 69.6 Å². The van der Waals surface area contributed by atoms with Gasteiger partial charge >= 0.3 is 0 Å². The number of benzene rings is 1. The molecule has 23 heavy (non-hydrogen) atoms. The average Bonchev–Trinajstić information content (AvgIpc) is 2.87. The van der Waals surface area contributed by atoms with Crippen molar-refractivity contribution in [2.24, 2.45) is 5.92 Å². The highest BCUT2D eigenvalue weighted by atomic mass is 19.1. The van der Waals surface area contributed by atoms with Gasteiger partial charge in [-0.1, -0.05) is 6.07 Å². The van der Waals surface area contributed by atoms with Crippen molar-refractivity contribution in [3.8, 4) is 0 Å². The van der Waals surface area contributed by atoms with Crippen LogP contribution in [0.15, 0.2) is 18.2 Å². The highest BCUT2D eigenvalue weighted by molar-refractivity contribution is 5.89. The minimum atomic E-state index is -1.49. The van der Waals surface area contributed by atoms with Crippen LogP contribution >= 0.6 is 0 Å². The number of hydrogen-bond acceptors (Lipinski definition) is 3. The molecule has 1 heterocycles. The largest absolute Gasteiger partial charge is 0.386 e. The lowest BCUT2D eigenvalue weighted by molar-refractivity contribution is -0.130. The summed E-state index contributed by atoms with van der Waals surface area (Å²) in [5.41, 5.74) is -0.473. The third-order valence-electron chi connectivity index (χ3n) is 3.96. The molecule has 126 valence electrons. The van der Waals surface area contributed by atoms with Gasteiger partial charge in [0.2, 0.25) is 11.8 Å². The lowest BCUT2D eigenvalue weighted by Gasteiger charge is -2.21. The van der Waals surface area contributed by atoms with E-state index in [2.05, 4.69) is 5.32 Å². The van der Waals surface area contributed by atoms with Gasteiger partial charge in [-0.2, -0.15) is 0 Å². The predicted octanol–water partition coefficient (Wildman–Crippen LogP) is 1.37. The molecule has 5 nitrogen and oxygen atoms in total. The van der Waals surface area contributed by atoms with E-state index in [1.807, 2.05) is 13.8 Å². The SMILES string of the molecule is CC(C)N1CC(C(=O)NCC(O)c2c(F)cccc2F)CC1=O. The quantitative estimate of drug-likeness (QED) is 0.859. The molecule has 1 aliphatic heterocycles.